The van der Waals surface area contributed by atoms with Crippen LogP contribution in [0.3, 0.4) is 0 Å². The van der Waals surface area contributed by atoms with Crippen molar-refractivity contribution >= 4 is 42.8 Å². The number of alkyl halides is 1. The molecule has 1 saturated heterocycles. The lowest BCUT2D eigenvalue weighted by molar-refractivity contribution is -0.253. The topological polar surface area (TPSA) is 80.3 Å². The van der Waals surface area contributed by atoms with Crippen LogP contribution in [0, 0.1) is 0 Å². The summed E-state index contributed by atoms with van der Waals surface area (Å²) >= 11 is 2.21. The minimum Gasteiger partial charge on any atom is -0.463 e. The normalized spacial score (nSPS) is 26.4. The minimum absolute atomic E-state index is 0.0206. The van der Waals surface area contributed by atoms with Crippen LogP contribution in [-0.4, -0.2) is 55.4 Å². The first-order chi connectivity index (χ1) is 14.8. The van der Waals surface area contributed by atoms with Crippen LogP contribution in [0.2, 0.25) is 18.1 Å². The Labute approximate surface area is 205 Å². The Bertz CT molecular complexity index is 765. The Morgan fingerprint density at radius 2 is 1.69 bits per heavy atom. The minimum atomic E-state index is -2.22. The number of benzene rings is 1. The zero-order chi connectivity index (χ0) is 24.1. The fourth-order valence-electron chi connectivity index (χ4n) is 3.08. The Hall–Kier alpha value is -1.01. The summed E-state index contributed by atoms with van der Waals surface area (Å²) in [5, 5.41) is -0.0338. The number of halogens is 1. The summed E-state index contributed by atoms with van der Waals surface area (Å²) in [6, 6.07) is 9.82. The number of hydrogen-bond acceptors (Lipinski definition) is 7. The molecule has 0 aliphatic carbocycles. The van der Waals surface area contributed by atoms with Crippen LogP contribution in [0.25, 0.3) is 0 Å². The number of rotatable bonds is 8. The highest BCUT2D eigenvalue weighted by Crippen LogP contribution is 2.41. The zero-order valence-corrected chi connectivity index (χ0v) is 23.1. The van der Waals surface area contributed by atoms with Gasteiger partial charge in [0.1, 0.15) is 22.7 Å². The molecule has 0 spiro atoms. The molecule has 1 aliphatic heterocycles. The summed E-state index contributed by atoms with van der Waals surface area (Å²) in [5.74, 6) is -0.865. The van der Waals surface area contributed by atoms with Crippen LogP contribution in [0.15, 0.2) is 30.3 Å². The van der Waals surface area contributed by atoms with E-state index in [0.29, 0.717) is 6.61 Å². The molecule has 1 aromatic rings. The highest BCUT2D eigenvalue weighted by atomic mass is 127. The molecule has 2 rings (SSSR count). The van der Waals surface area contributed by atoms with E-state index >= 15 is 0 Å². The van der Waals surface area contributed by atoms with Crippen molar-refractivity contribution in [2.24, 2.45) is 0 Å². The summed E-state index contributed by atoms with van der Waals surface area (Å²) in [6.45, 7) is 13.9. The van der Waals surface area contributed by atoms with E-state index in [1.807, 2.05) is 30.3 Å². The molecule has 0 N–H and O–H groups in total. The van der Waals surface area contributed by atoms with Crippen molar-refractivity contribution in [3.8, 4) is 0 Å². The molecule has 1 heterocycles. The number of hydrogen-bond donors (Lipinski definition) is 0. The first kappa shape index (κ1) is 27.2. The van der Waals surface area contributed by atoms with E-state index in [2.05, 4.69) is 56.5 Å². The molecule has 0 amide bonds. The first-order valence-corrected chi connectivity index (χ1v) is 14.9. The first-order valence-electron chi connectivity index (χ1n) is 10.8. The molecular formula is C23H35IO7Si. The summed E-state index contributed by atoms with van der Waals surface area (Å²) in [4.78, 5) is 23.2. The van der Waals surface area contributed by atoms with Crippen molar-refractivity contribution in [3.05, 3.63) is 35.9 Å². The van der Waals surface area contributed by atoms with Crippen molar-refractivity contribution in [3.63, 3.8) is 0 Å². The third-order valence-electron chi connectivity index (χ3n) is 5.83. The molecule has 1 aliphatic rings. The van der Waals surface area contributed by atoms with Crippen molar-refractivity contribution in [1.29, 1.82) is 0 Å². The molecule has 1 fully saturated rings. The molecule has 32 heavy (non-hydrogen) atoms. The molecule has 0 bridgehead atoms. The number of carbonyl (C=O) groups excluding carboxylic acids is 2. The molecule has 0 saturated carbocycles. The molecule has 180 valence electrons. The fraction of sp³-hybridized carbons (Fsp3) is 0.652. The molecular weight excluding hydrogens is 543 g/mol. The van der Waals surface area contributed by atoms with Crippen LogP contribution in [0.4, 0.5) is 0 Å². The van der Waals surface area contributed by atoms with Gasteiger partial charge in [-0.05, 0) is 23.7 Å². The van der Waals surface area contributed by atoms with E-state index in [1.165, 1.54) is 13.8 Å². The standard InChI is InChI=1S/C23H35IO7Si/c1-15(25)27-14-18-20(28-13-17-11-9-8-10-12-17)21(31-32(6,7)23(3,4)5)19(24)22(30-18)29-16(2)26/h8-12,18-22H,13-14H2,1-7H3/t18-,19-,20-,21-,22?/m1/s1. The maximum atomic E-state index is 11.7. The predicted molar refractivity (Wildman–Crippen MR) is 132 cm³/mol. The molecule has 9 heteroatoms. The second-order valence-corrected chi connectivity index (χ2v) is 15.7. The van der Waals surface area contributed by atoms with Gasteiger partial charge in [0.05, 0.1) is 12.7 Å². The van der Waals surface area contributed by atoms with E-state index in [4.69, 9.17) is 23.4 Å². The maximum absolute atomic E-state index is 11.7. The van der Waals surface area contributed by atoms with Crippen molar-refractivity contribution in [2.75, 3.05) is 6.61 Å². The van der Waals surface area contributed by atoms with E-state index < -0.39 is 44.9 Å². The van der Waals surface area contributed by atoms with Gasteiger partial charge in [-0.15, -0.1) is 0 Å². The number of carbonyl (C=O) groups is 2. The van der Waals surface area contributed by atoms with Gasteiger partial charge in [-0.25, -0.2) is 0 Å². The average molecular weight is 579 g/mol. The number of esters is 2. The number of ether oxygens (including phenoxy) is 4. The van der Waals surface area contributed by atoms with Crippen LogP contribution >= 0.6 is 22.6 Å². The third kappa shape index (κ3) is 7.51. The van der Waals surface area contributed by atoms with Gasteiger partial charge < -0.3 is 23.4 Å². The van der Waals surface area contributed by atoms with Gasteiger partial charge in [0.25, 0.3) is 0 Å². The van der Waals surface area contributed by atoms with E-state index in [-0.39, 0.29) is 15.6 Å². The van der Waals surface area contributed by atoms with E-state index in [9.17, 15) is 9.59 Å². The smallest absolute Gasteiger partial charge is 0.304 e. The van der Waals surface area contributed by atoms with Gasteiger partial charge >= 0.3 is 11.9 Å². The largest absolute Gasteiger partial charge is 0.463 e. The van der Waals surface area contributed by atoms with Gasteiger partial charge in [0, 0.05) is 13.8 Å². The molecule has 7 nitrogen and oxygen atoms in total. The molecule has 0 radical (unpaired) electrons. The van der Waals surface area contributed by atoms with Gasteiger partial charge in [0.15, 0.2) is 8.32 Å². The van der Waals surface area contributed by atoms with Gasteiger partial charge in [-0.2, -0.15) is 0 Å². The Kier molecular flexibility index (Phi) is 9.71. The predicted octanol–water partition coefficient (Wildman–Crippen LogP) is 4.62. The monoisotopic (exact) mass is 578 g/mol. The van der Waals surface area contributed by atoms with Gasteiger partial charge in [-0.3, -0.25) is 9.59 Å². The second-order valence-electron chi connectivity index (χ2n) is 9.50. The SMILES string of the molecule is CC(=O)OC[C@H]1OC(OC(C)=O)[C@H](I)[C@@H](O[Si](C)(C)C(C)(C)C)[C@@H]1OCc1ccccc1. The zero-order valence-electron chi connectivity index (χ0n) is 19.9. The van der Waals surface area contributed by atoms with E-state index in [1.54, 1.807) is 0 Å². The van der Waals surface area contributed by atoms with Gasteiger partial charge in [0.2, 0.25) is 6.29 Å². The average Bonchev–Trinajstić information content (AvgIpc) is 2.68. The summed E-state index contributed by atoms with van der Waals surface area (Å²) in [6.07, 6.45) is -2.41. The Balaban J connectivity index is 2.37. The van der Waals surface area contributed by atoms with Crippen LogP contribution < -0.4 is 0 Å². The van der Waals surface area contributed by atoms with Crippen molar-refractivity contribution in [2.45, 2.75) is 87.9 Å². The highest BCUT2D eigenvalue weighted by molar-refractivity contribution is 14.1. The van der Waals surface area contributed by atoms with Crippen LogP contribution in [-0.2, 0) is 39.6 Å². The maximum Gasteiger partial charge on any atom is 0.304 e. The fourth-order valence-corrected chi connectivity index (χ4v) is 5.54. The Morgan fingerprint density at radius 1 is 1.06 bits per heavy atom. The molecule has 1 aromatic carbocycles. The van der Waals surface area contributed by atoms with E-state index in [0.717, 1.165) is 5.56 Å². The van der Waals surface area contributed by atoms with Crippen LogP contribution in [0.1, 0.15) is 40.2 Å². The van der Waals surface area contributed by atoms with Gasteiger partial charge in [-0.1, -0.05) is 73.7 Å². The van der Waals surface area contributed by atoms with Crippen molar-refractivity contribution in [1.82, 2.24) is 0 Å². The summed E-state index contributed by atoms with van der Waals surface area (Å²) in [5.41, 5.74) is 1.01. The Morgan fingerprint density at radius 3 is 2.22 bits per heavy atom. The molecule has 0 aromatic heterocycles. The lowest BCUT2D eigenvalue weighted by Crippen LogP contribution is -2.62. The summed E-state index contributed by atoms with van der Waals surface area (Å²) < 4.78 is 29.6. The highest BCUT2D eigenvalue weighted by Gasteiger charge is 2.51. The lowest BCUT2D eigenvalue weighted by atomic mass is 10.0. The van der Waals surface area contributed by atoms with Crippen molar-refractivity contribution < 1.29 is 33.0 Å². The second kappa shape index (κ2) is 11.4. The quantitative estimate of drug-likeness (QED) is 0.193. The lowest BCUT2D eigenvalue weighted by Gasteiger charge is -2.48. The summed E-state index contributed by atoms with van der Waals surface area (Å²) in [7, 11) is -2.22. The third-order valence-corrected chi connectivity index (χ3v) is 11.6. The molecule has 1 unspecified atom stereocenters. The molecule has 5 atom stereocenters. The van der Waals surface area contributed by atoms with Crippen LogP contribution in [0.5, 0.6) is 0 Å².